The maximum absolute atomic E-state index is 6.00. The van der Waals surface area contributed by atoms with Gasteiger partial charge in [-0.2, -0.15) is 0 Å². The molecule has 0 fully saturated rings. The number of thiocarbonyl (C=S) groups is 1. The number of aromatic nitrogens is 1. The van der Waals surface area contributed by atoms with E-state index in [9.17, 15) is 0 Å². The minimum atomic E-state index is 0.419. The Balaban J connectivity index is 2.19. The van der Waals surface area contributed by atoms with E-state index in [1.165, 1.54) is 0 Å². The molecule has 2 N–H and O–H groups in total. The van der Waals surface area contributed by atoms with Crippen LogP contribution < -0.4 is 15.4 Å². The fourth-order valence-corrected chi connectivity index (χ4v) is 2.70. The minimum absolute atomic E-state index is 0.419. The summed E-state index contributed by atoms with van der Waals surface area (Å²) < 4.78 is 5.37. The van der Waals surface area contributed by atoms with Crippen LogP contribution in [0.15, 0.2) is 18.2 Å². The second-order valence-corrected chi connectivity index (χ2v) is 6.26. The maximum atomic E-state index is 6.00. The molecule has 0 aliphatic heterocycles. The number of nitrogens with zero attached hydrogens (tertiary/aromatic N) is 1. The highest BCUT2D eigenvalue weighted by Gasteiger charge is 2.13. The molecule has 7 heteroatoms. The van der Waals surface area contributed by atoms with Gasteiger partial charge < -0.3 is 15.4 Å². The van der Waals surface area contributed by atoms with Crippen LogP contribution >= 0.6 is 35.4 Å². The van der Waals surface area contributed by atoms with Gasteiger partial charge in [-0.1, -0.05) is 23.2 Å². The first-order valence-electron chi connectivity index (χ1n) is 6.88. The van der Waals surface area contributed by atoms with Crippen molar-refractivity contribution in [2.75, 3.05) is 17.7 Å². The third kappa shape index (κ3) is 4.05. The van der Waals surface area contributed by atoms with Crippen LogP contribution in [0.3, 0.4) is 0 Å². The summed E-state index contributed by atoms with van der Waals surface area (Å²) in [5.41, 5.74) is 3.55. The number of aryl methyl sites for hydroxylation is 1. The summed E-state index contributed by atoms with van der Waals surface area (Å²) in [4.78, 5) is 4.51. The van der Waals surface area contributed by atoms with E-state index in [1.807, 2.05) is 20.8 Å². The Morgan fingerprint density at radius 2 is 1.78 bits per heavy atom. The average Bonchev–Trinajstić information content (AvgIpc) is 2.49. The Morgan fingerprint density at radius 3 is 2.39 bits per heavy atom. The van der Waals surface area contributed by atoms with Crippen LogP contribution in [0.5, 0.6) is 5.75 Å². The molecule has 0 saturated carbocycles. The summed E-state index contributed by atoms with van der Waals surface area (Å²) in [7, 11) is 1.64. The lowest BCUT2D eigenvalue weighted by atomic mass is 10.1. The van der Waals surface area contributed by atoms with E-state index in [2.05, 4.69) is 15.6 Å². The molecule has 0 aliphatic carbocycles. The lowest BCUT2D eigenvalue weighted by molar-refractivity contribution is 0.406. The molecule has 0 saturated heterocycles. The normalized spacial score (nSPS) is 10.3. The predicted octanol–water partition coefficient (Wildman–Crippen LogP) is 5.13. The third-order valence-electron chi connectivity index (χ3n) is 3.48. The van der Waals surface area contributed by atoms with Gasteiger partial charge in [-0.3, -0.25) is 0 Å². The average molecular weight is 370 g/mol. The molecule has 0 unspecified atom stereocenters. The zero-order chi connectivity index (χ0) is 17.1. The number of pyridine rings is 1. The number of benzene rings is 1. The summed E-state index contributed by atoms with van der Waals surface area (Å²) in [6.07, 6.45) is 0. The first-order chi connectivity index (χ1) is 10.8. The molecule has 2 rings (SSSR count). The molecule has 2 aromatic rings. The minimum Gasteiger partial charge on any atom is -0.495 e. The summed E-state index contributed by atoms with van der Waals surface area (Å²) >= 11 is 17.2. The Kier molecular flexibility index (Phi) is 5.68. The lowest BCUT2D eigenvalue weighted by Crippen LogP contribution is -2.21. The van der Waals surface area contributed by atoms with Crippen LogP contribution in [-0.2, 0) is 0 Å². The van der Waals surface area contributed by atoms with E-state index in [0.29, 0.717) is 21.0 Å². The highest BCUT2D eigenvalue weighted by atomic mass is 35.5. The molecular formula is C16H17Cl2N3OS. The Morgan fingerprint density at radius 1 is 1.09 bits per heavy atom. The lowest BCUT2D eigenvalue weighted by Gasteiger charge is -2.17. The van der Waals surface area contributed by atoms with Crippen molar-refractivity contribution in [1.82, 2.24) is 4.98 Å². The van der Waals surface area contributed by atoms with Crippen LogP contribution in [0, 0.1) is 20.8 Å². The van der Waals surface area contributed by atoms with Crippen molar-refractivity contribution in [1.29, 1.82) is 0 Å². The van der Waals surface area contributed by atoms with Gasteiger partial charge in [0.15, 0.2) is 5.11 Å². The second kappa shape index (κ2) is 7.34. The number of halogens is 2. The summed E-state index contributed by atoms with van der Waals surface area (Å²) in [5, 5.41) is 7.54. The largest absolute Gasteiger partial charge is 0.495 e. The van der Waals surface area contributed by atoms with Gasteiger partial charge in [-0.25, -0.2) is 4.98 Å². The van der Waals surface area contributed by atoms with Gasteiger partial charge in [0.25, 0.3) is 0 Å². The van der Waals surface area contributed by atoms with Gasteiger partial charge in [0.05, 0.1) is 22.8 Å². The molecule has 0 atom stereocenters. The standard InChI is InChI=1S/C16H17Cl2N3OS/c1-8-9(2)15(19-10(3)14(8)22-4)21-16(23)20-11-5-6-12(17)13(18)7-11/h5-7H,1-4H3,(H2,19,20,21,23). The molecule has 0 bridgehead atoms. The van der Waals surface area contributed by atoms with Crippen molar-refractivity contribution in [3.05, 3.63) is 45.1 Å². The monoisotopic (exact) mass is 369 g/mol. The van der Waals surface area contributed by atoms with Crippen LogP contribution in [0.4, 0.5) is 11.5 Å². The smallest absolute Gasteiger partial charge is 0.176 e. The maximum Gasteiger partial charge on any atom is 0.176 e. The van der Waals surface area contributed by atoms with Crippen molar-refractivity contribution < 1.29 is 4.74 Å². The first-order valence-corrected chi connectivity index (χ1v) is 8.04. The van der Waals surface area contributed by atoms with Crippen LogP contribution in [-0.4, -0.2) is 17.2 Å². The molecule has 0 radical (unpaired) electrons. The quantitative estimate of drug-likeness (QED) is 0.734. The van der Waals surface area contributed by atoms with Crippen molar-refractivity contribution in [3.63, 3.8) is 0 Å². The van der Waals surface area contributed by atoms with E-state index in [1.54, 1.807) is 25.3 Å². The Hall–Kier alpha value is -1.56. The number of rotatable bonds is 3. The van der Waals surface area contributed by atoms with E-state index in [4.69, 9.17) is 40.2 Å². The summed E-state index contributed by atoms with van der Waals surface area (Å²) in [6, 6.07) is 5.22. The SMILES string of the molecule is COc1c(C)nc(NC(=S)Nc2ccc(Cl)c(Cl)c2)c(C)c1C. The number of anilines is 2. The van der Waals surface area contributed by atoms with Gasteiger partial charge in [0.2, 0.25) is 0 Å². The van der Waals surface area contributed by atoms with E-state index in [-0.39, 0.29) is 0 Å². The van der Waals surface area contributed by atoms with Gasteiger partial charge in [0, 0.05) is 5.69 Å². The van der Waals surface area contributed by atoms with Crippen LogP contribution in [0.25, 0.3) is 0 Å². The molecule has 0 aliphatic rings. The van der Waals surface area contributed by atoms with Gasteiger partial charge in [-0.05, 0) is 62.3 Å². The van der Waals surface area contributed by atoms with E-state index >= 15 is 0 Å². The zero-order valence-electron chi connectivity index (χ0n) is 13.3. The Labute approximate surface area is 151 Å². The van der Waals surface area contributed by atoms with Crippen LogP contribution in [0.1, 0.15) is 16.8 Å². The number of ether oxygens (including phenoxy) is 1. The van der Waals surface area contributed by atoms with Crippen molar-refractivity contribution in [3.8, 4) is 5.75 Å². The van der Waals surface area contributed by atoms with Gasteiger partial charge in [0.1, 0.15) is 11.6 Å². The predicted molar refractivity (Wildman–Crippen MR) is 101 cm³/mol. The van der Waals surface area contributed by atoms with Crippen molar-refractivity contribution in [2.45, 2.75) is 20.8 Å². The number of hydrogen-bond donors (Lipinski definition) is 2. The highest BCUT2D eigenvalue weighted by molar-refractivity contribution is 7.80. The van der Waals surface area contributed by atoms with Crippen molar-refractivity contribution in [2.24, 2.45) is 0 Å². The first kappa shape index (κ1) is 17.8. The number of nitrogens with one attached hydrogen (secondary N) is 2. The zero-order valence-corrected chi connectivity index (χ0v) is 15.6. The molecule has 1 aromatic carbocycles. The Bertz CT molecular complexity index is 765. The van der Waals surface area contributed by atoms with E-state index in [0.717, 1.165) is 28.3 Å². The number of methoxy groups -OCH3 is 1. The molecule has 4 nitrogen and oxygen atoms in total. The second-order valence-electron chi connectivity index (χ2n) is 5.04. The molecule has 0 spiro atoms. The summed E-state index contributed by atoms with van der Waals surface area (Å²) in [5.74, 6) is 1.48. The van der Waals surface area contributed by atoms with Crippen LogP contribution in [0.2, 0.25) is 10.0 Å². The molecule has 122 valence electrons. The van der Waals surface area contributed by atoms with Crippen molar-refractivity contribution >= 4 is 52.0 Å². The fraction of sp³-hybridized carbons (Fsp3) is 0.250. The molecule has 23 heavy (non-hydrogen) atoms. The van der Waals surface area contributed by atoms with E-state index < -0.39 is 0 Å². The highest BCUT2D eigenvalue weighted by Crippen LogP contribution is 2.29. The molecule has 1 heterocycles. The molecular weight excluding hydrogens is 353 g/mol. The summed E-state index contributed by atoms with van der Waals surface area (Å²) in [6.45, 7) is 5.85. The van der Waals surface area contributed by atoms with Gasteiger partial charge in [-0.15, -0.1) is 0 Å². The fourth-order valence-electron chi connectivity index (χ4n) is 2.19. The topological polar surface area (TPSA) is 46.2 Å². The third-order valence-corrected chi connectivity index (χ3v) is 4.42. The van der Waals surface area contributed by atoms with Gasteiger partial charge >= 0.3 is 0 Å². The molecule has 0 amide bonds. The molecule has 1 aromatic heterocycles. The number of hydrogen-bond acceptors (Lipinski definition) is 3.